The maximum atomic E-state index is 11.4. The topological polar surface area (TPSA) is 76.1 Å². The predicted octanol–water partition coefficient (Wildman–Crippen LogP) is 2.98. The zero-order valence-electron chi connectivity index (χ0n) is 11.8. The Hall–Kier alpha value is -1.80. The summed E-state index contributed by atoms with van der Waals surface area (Å²) in [5, 5.41) is 13.8. The Labute approximate surface area is 131 Å². The number of hydrogen-bond donors (Lipinski definition) is 2. The van der Waals surface area contributed by atoms with Gasteiger partial charge in [-0.05, 0) is 24.6 Å². The number of hydrogen-bond acceptors (Lipinski definition) is 6. The second-order valence-electron chi connectivity index (χ2n) is 4.00. The van der Waals surface area contributed by atoms with E-state index in [1.54, 1.807) is 18.9 Å². The van der Waals surface area contributed by atoms with Crippen LogP contribution in [0.15, 0.2) is 28.6 Å². The minimum absolute atomic E-state index is 0.266. The number of methoxy groups -OCH3 is 1. The largest absolute Gasteiger partial charge is 0.497 e. The number of aromatic nitrogens is 2. The van der Waals surface area contributed by atoms with Crippen LogP contribution in [0.2, 0.25) is 0 Å². The number of nitrogens with zero attached hydrogens (tertiary/aromatic N) is 2. The SMILES string of the molecule is CCNC(=O)Nc1nnc(SCc2cccc(OC)c2)s1. The lowest BCUT2D eigenvalue weighted by Gasteiger charge is -2.02. The highest BCUT2D eigenvalue weighted by Crippen LogP contribution is 2.29. The van der Waals surface area contributed by atoms with Gasteiger partial charge in [-0.1, -0.05) is 35.2 Å². The first-order valence-corrected chi connectivity index (χ1v) is 8.15. The second-order valence-corrected chi connectivity index (χ2v) is 6.20. The van der Waals surface area contributed by atoms with Gasteiger partial charge in [0.05, 0.1) is 7.11 Å². The molecule has 0 bridgehead atoms. The van der Waals surface area contributed by atoms with Crippen LogP contribution in [0.1, 0.15) is 12.5 Å². The van der Waals surface area contributed by atoms with Crippen molar-refractivity contribution >= 4 is 34.3 Å². The van der Waals surface area contributed by atoms with Crippen molar-refractivity contribution in [3.63, 3.8) is 0 Å². The van der Waals surface area contributed by atoms with Gasteiger partial charge in [-0.25, -0.2) is 4.79 Å². The lowest BCUT2D eigenvalue weighted by atomic mass is 10.2. The van der Waals surface area contributed by atoms with E-state index in [-0.39, 0.29) is 6.03 Å². The van der Waals surface area contributed by atoms with E-state index >= 15 is 0 Å². The number of carbonyl (C=O) groups excluding carboxylic acids is 1. The summed E-state index contributed by atoms with van der Waals surface area (Å²) in [6, 6.07) is 7.62. The lowest BCUT2D eigenvalue weighted by Crippen LogP contribution is -2.28. The fraction of sp³-hybridized carbons (Fsp3) is 0.308. The van der Waals surface area contributed by atoms with Gasteiger partial charge in [-0.2, -0.15) is 0 Å². The summed E-state index contributed by atoms with van der Waals surface area (Å²) in [7, 11) is 1.65. The van der Waals surface area contributed by atoms with Crippen molar-refractivity contribution in [2.75, 3.05) is 19.0 Å². The third-order valence-corrected chi connectivity index (χ3v) is 4.50. The average Bonchev–Trinajstić information content (AvgIpc) is 2.93. The molecular weight excluding hydrogens is 308 g/mol. The van der Waals surface area contributed by atoms with Gasteiger partial charge in [0.25, 0.3) is 0 Å². The zero-order chi connectivity index (χ0) is 15.1. The van der Waals surface area contributed by atoms with Gasteiger partial charge in [0, 0.05) is 12.3 Å². The highest BCUT2D eigenvalue weighted by Gasteiger charge is 2.08. The summed E-state index contributed by atoms with van der Waals surface area (Å²) in [4.78, 5) is 11.4. The third kappa shape index (κ3) is 4.91. The molecule has 0 aliphatic heterocycles. The molecule has 2 aromatic rings. The van der Waals surface area contributed by atoms with Gasteiger partial charge < -0.3 is 10.1 Å². The number of carbonyl (C=O) groups is 1. The van der Waals surface area contributed by atoms with Crippen LogP contribution in [0, 0.1) is 0 Å². The second kappa shape index (κ2) is 7.84. The summed E-state index contributed by atoms with van der Waals surface area (Å²) in [6.45, 7) is 2.43. The summed E-state index contributed by atoms with van der Waals surface area (Å²) in [5.74, 6) is 1.61. The number of rotatable bonds is 6. The maximum absolute atomic E-state index is 11.4. The van der Waals surface area contributed by atoms with Crippen LogP contribution in [0.25, 0.3) is 0 Å². The van der Waals surface area contributed by atoms with Gasteiger partial charge in [-0.15, -0.1) is 10.2 Å². The molecule has 0 aliphatic rings. The molecule has 0 fully saturated rings. The van der Waals surface area contributed by atoms with Crippen molar-refractivity contribution in [2.24, 2.45) is 0 Å². The average molecular weight is 324 g/mol. The first kappa shape index (κ1) is 15.6. The molecule has 1 aromatic heterocycles. The predicted molar refractivity (Wildman–Crippen MR) is 85.2 cm³/mol. The van der Waals surface area contributed by atoms with Crippen LogP contribution in [0.5, 0.6) is 5.75 Å². The number of benzene rings is 1. The van der Waals surface area contributed by atoms with E-state index in [0.717, 1.165) is 21.4 Å². The molecule has 0 spiro atoms. The van der Waals surface area contributed by atoms with Gasteiger partial charge in [0.15, 0.2) is 4.34 Å². The van der Waals surface area contributed by atoms with Crippen LogP contribution < -0.4 is 15.4 Å². The summed E-state index contributed by atoms with van der Waals surface area (Å²) >= 11 is 2.93. The number of nitrogens with one attached hydrogen (secondary N) is 2. The highest BCUT2D eigenvalue weighted by molar-refractivity contribution is 8.00. The van der Waals surface area contributed by atoms with Gasteiger partial charge in [0.2, 0.25) is 5.13 Å². The minimum Gasteiger partial charge on any atom is -0.497 e. The molecule has 0 saturated heterocycles. The molecule has 0 aliphatic carbocycles. The third-order valence-electron chi connectivity index (χ3n) is 2.46. The summed E-state index contributed by atoms with van der Waals surface area (Å²) in [6.07, 6.45) is 0. The Balaban J connectivity index is 1.89. The Morgan fingerprint density at radius 1 is 1.43 bits per heavy atom. The van der Waals surface area contributed by atoms with Crippen LogP contribution >= 0.6 is 23.1 Å². The molecule has 0 radical (unpaired) electrons. The Morgan fingerprint density at radius 3 is 3.05 bits per heavy atom. The zero-order valence-corrected chi connectivity index (χ0v) is 13.4. The molecule has 0 unspecified atom stereocenters. The summed E-state index contributed by atoms with van der Waals surface area (Å²) < 4.78 is 6.00. The first-order chi connectivity index (χ1) is 10.2. The molecule has 6 nitrogen and oxygen atoms in total. The van der Waals surface area contributed by atoms with Crippen LogP contribution in [0.4, 0.5) is 9.93 Å². The summed E-state index contributed by atoms with van der Waals surface area (Å²) in [5.41, 5.74) is 1.15. The molecule has 1 heterocycles. The highest BCUT2D eigenvalue weighted by atomic mass is 32.2. The monoisotopic (exact) mass is 324 g/mol. The van der Waals surface area contributed by atoms with Crippen molar-refractivity contribution in [3.05, 3.63) is 29.8 Å². The van der Waals surface area contributed by atoms with E-state index in [1.807, 2.05) is 31.2 Å². The van der Waals surface area contributed by atoms with E-state index in [4.69, 9.17) is 4.74 Å². The normalized spacial score (nSPS) is 10.2. The van der Waals surface area contributed by atoms with E-state index in [2.05, 4.69) is 20.8 Å². The molecule has 2 amide bonds. The molecule has 21 heavy (non-hydrogen) atoms. The maximum Gasteiger partial charge on any atom is 0.321 e. The van der Waals surface area contributed by atoms with E-state index in [0.29, 0.717) is 11.7 Å². The number of ether oxygens (including phenoxy) is 1. The molecule has 1 aromatic carbocycles. The minimum atomic E-state index is -0.266. The van der Waals surface area contributed by atoms with Crippen molar-refractivity contribution in [1.82, 2.24) is 15.5 Å². The van der Waals surface area contributed by atoms with Crippen molar-refractivity contribution in [2.45, 2.75) is 17.0 Å². The van der Waals surface area contributed by atoms with Gasteiger partial charge >= 0.3 is 6.03 Å². The Morgan fingerprint density at radius 2 is 2.29 bits per heavy atom. The smallest absolute Gasteiger partial charge is 0.321 e. The number of thioether (sulfide) groups is 1. The van der Waals surface area contributed by atoms with Crippen LogP contribution in [0.3, 0.4) is 0 Å². The lowest BCUT2D eigenvalue weighted by molar-refractivity contribution is 0.252. The molecule has 8 heteroatoms. The molecule has 0 atom stereocenters. The van der Waals surface area contributed by atoms with Crippen molar-refractivity contribution in [1.29, 1.82) is 0 Å². The van der Waals surface area contributed by atoms with Crippen molar-refractivity contribution in [3.8, 4) is 5.75 Å². The molecule has 0 saturated carbocycles. The fourth-order valence-corrected chi connectivity index (χ4v) is 3.22. The molecular formula is C13H16N4O2S2. The van der Waals surface area contributed by atoms with Gasteiger partial charge in [0.1, 0.15) is 5.75 Å². The van der Waals surface area contributed by atoms with Crippen LogP contribution in [-0.4, -0.2) is 29.9 Å². The number of anilines is 1. The molecule has 112 valence electrons. The Bertz CT molecular complexity index is 603. The molecule has 2 rings (SSSR count). The Kier molecular flexibility index (Phi) is 5.82. The quantitative estimate of drug-likeness (QED) is 0.631. The van der Waals surface area contributed by atoms with Gasteiger partial charge in [-0.3, -0.25) is 5.32 Å². The standard InChI is InChI=1S/C13H16N4O2S2/c1-3-14-11(18)15-12-16-17-13(21-12)20-8-9-5-4-6-10(7-9)19-2/h4-7H,3,8H2,1-2H3,(H2,14,15,16,18). The fourth-order valence-electron chi connectivity index (χ4n) is 1.53. The van der Waals surface area contributed by atoms with E-state index in [9.17, 15) is 4.79 Å². The van der Waals surface area contributed by atoms with Crippen molar-refractivity contribution < 1.29 is 9.53 Å². The van der Waals surface area contributed by atoms with Crippen LogP contribution in [-0.2, 0) is 5.75 Å². The molecule has 2 N–H and O–H groups in total. The first-order valence-electron chi connectivity index (χ1n) is 6.35. The number of amides is 2. The van der Waals surface area contributed by atoms with E-state index < -0.39 is 0 Å². The van der Waals surface area contributed by atoms with E-state index in [1.165, 1.54) is 11.3 Å². The number of urea groups is 1.